The Hall–Kier alpha value is -3.65. The van der Waals surface area contributed by atoms with E-state index in [1.165, 1.54) is 22.7 Å². The number of nitrogens with zero attached hydrogens (tertiary/aromatic N) is 5. The monoisotopic (exact) mass is 621 g/mol. The van der Waals surface area contributed by atoms with Gasteiger partial charge in [-0.2, -0.15) is 5.26 Å². The number of carbonyl (C=O) groups is 1. The third-order valence-electron chi connectivity index (χ3n) is 7.50. The van der Waals surface area contributed by atoms with Crippen LogP contribution >= 0.6 is 35.6 Å². The van der Waals surface area contributed by atoms with Crippen molar-refractivity contribution < 1.29 is 9.18 Å². The predicted octanol–water partition coefficient (Wildman–Crippen LogP) is 5.96. The quantitative estimate of drug-likeness (QED) is 0.238. The zero-order valence-corrected chi connectivity index (χ0v) is 25.7. The molecular weight excluding hydrogens is 593 g/mol. The van der Waals surface area contributed by atoms with E-state index in [4.69, 9.17) is 23.8 Å². The average molecular weight is 622 g/mol. The summed E-state index contributed by atoms with van der Waals surface area (Å²) in [7, 11) is 0. The number of halogens is 2. The van der Waals surface area contributed by atoms with Crippen molar-refractivity contribution in [3.8, 4) is 6.07 Å². The summed E-state index contributed by atoms with van der Waals surface area (Å²) < 4.78 is 16.6. The number of thioether (sulfide) groups is 1. The zero-order chi connectivity index (χ0) is 30.0. The molecule has 0 N–H and O–H groups in total. The van der Waals surface area contributed by atoms with Gasteiger partial charge in [0.1, 0.15) is 27.6 Å². The predicted molar refractivity (Wildman–Crippen MR) is 171 cm³/mol. The second-order valence-electron chi connectivity index (χ2n) is 10.1. The maximum atomic E-state index is 14.5. The van der Waals surface area contributed by atoms with Crippen LogP contribution in [-0.4, -0.2) is 45.9 Å². The van der Waals surface area contributed by atoms with Crippen LogP contribution in [0.2, 0.25) is 5.02 Å². The molecule has 0 saturated carbocycles. The lowest BCUT2D eigenvalue weighted by molar-refractivity contribution is -0.122. The highest BCUT2D eigenvalue weighted by Crippen LogP contribution is 2.37. The van der Waals surface area contributed by atoms with Gasteiger partial charge in [-0.15, -0.1) is 0 Å². The summed E-state index contributed by atoms with van der Waals surface area (Å²) in [6.07, 6.45) is 2.43. The maximum absolute atomic E-state index is 14.5. The Kier molecular flexibility index (Phi) is 9.02. The van der Waals surface area contributed by atoms with Gasteiger partial charge in [0.2, 0.25) is 0 Å². The second-order valence-corrected chi connectivity index (χ2v) is 12.2. The molecule has 216 valence electrons. The first-order chi connectivity index (χ1) is 20.2. The average Bonchev–Trinajstić information content (AvgIpc) is 3.25. The number of nitriles is 1. The van der Waals surface area contributed by atoms with Crippen LogP contribution in [-0.2, 0) is 17.9 Å². The zero-order valence-electron chi connectivity index (χ0n) is 23.3. The topological polar surface area (TPSA) is 72.6 Å². The standard InChI is InChI=1S/C31H29ClFN5O2S2/c1-3-12-37-28(36-15-13-35(14-16-36)26-11-7-6-10-25(26)33)22(20(2)23(18-34)29(37)39)17-27-30(40)38(31(41)42-27)19-21-8-4-5-9-24(21)32/h4-11,17H,3,12-16,19H2,1-2H3. The SMILES string of the molecule is CCCn1c(N2CCN(c3ccccc3F)CC2)c(C=C2SC(=S)N(Cc3ccccc3Cl)C2=O)c(C)c(C#N)c1=O. The summed E-state index contributed by atoms with van der Waals surface area (Å²) in [5.41, 5.74) is 2.17. The fourth-order valence-corrected chi connectivity index (χ4v) is 6.78. The Labute approximate surface area is 258 Å². The van der Waals surface area contributed by atoms with Crippen LogP contribution in [0, 0.1) is 24.1 Å². The van der Waals surface area contributed by atoms with E-state index in [0.29, 0.717) is 76.0 Å². The molecule has 1 amide bonds. The van der Waals surface area contributed by atoms with Gasteiger partial charge in [0.15, 0.2) is 0 Å². The molecule has 0 bridgehead atoms. The van der Waals surface area contributed by atoms with E-state index in [1.54, 1.807) is 35.8 Å². The van der Waals surface area contributed by atoms with E-state index in [9.17, 15) is 19.2 Å². The highest BCUT2D eigenvalue weighted by molar-refractivity contribution is 8.26. The number of rotatable bonds is 7. The van der Waals surface area contributed by atoms with Crippen LogP contribution < -0.4 is 15.4 Å². The van der Waals surface area contributed by atoms with Gasteiger partial charge in [-0.3, -0.25) is 19.1 Å². The van der Waals surface area contributed by atoms with Crippen molar-refractivity contribution in [1.82, 2.24) is 9.47 Å². The Bertz CT molecular complexity index is 1690. The van der Waals surface area contributed by atoms with Crippen LogP contribution in [0.15, 0.2) is 58.2 Å². The molecule has 5 rings (SSSR count). The first-order valence-electron chi connectivity index (χ1n) is 13.7. The molecule has 0 aliphatic carbocycles. The number of pyridine rings is 1. The number of para-hydroxylation sites is 1. The Morgan fingerprint density at radius 3 is 2.40 bits per heavy atom. The van der Waals surface area contributed by atoms with Gasteiger partial charge in [-0.1, -0.05) is 72.8 Å². The molecule has 0 spiro atoms. The molecule has 1 aromatic heterocycles. The molecular formula is C31H29ClFN5O2S2. The fourth-order valence-electron chi connectivity index (χ4n) is 5.35. The number of hydrogen-bond donors (Lipinski definition) is 0. The second kappa shape index (κ2) is 12.7. The van der Waals surface area contributed by atoms with Gasteiger partial charge in [0.05, 0.1) is 17.1 Å². The van der Waals surface area contributed by atoms with Crippen molar-refractivity contribution in [2.45, 2.75) is 33.4 Å². The van der Waals surface area contributed by atoms with Crippen LogP contribution in [0.3, 0.4) is 0 Å². The Morgan fingerprint density at radius 2 is 1.74 bits per heavy atom. The summed E-state index contributed by atoms with van der Waals surface area (Å²) in [6, 6.07) is 16.1. The van der Waals surface area contributed by atoms with Gasteiger partial charge < -0.3 is 9.80 Å². The largest absolute Gasteiger partial charge is 0.366 e. The molecule has 0 atom stereocenters. The Balaban J connectivity index is 1.54. The van der Waals surface area contributed by atoms with Crippen molar-refractivity contribution in [3.63, 3.8) is 0 Å². The van der Waals surface area contributed by atoms with Gasteiger partial charge in [0.25, 0.3) is 11.5 Å². The van der Waals surface area contributed by atoms with Crippen molar-refractivity contribution in [1.29, 1.82) is 5.26 Å². The molecule has 3 heterocycles. The third kappa shape index (κ3) is 5.69. The molecule has 42 heavy (non-hydrogen) atoms. The number of thiocarbonyl (C=S) groups is 1. The van der Waals surface area contributed by atoms with Crippen LogP contribution in [0.4, 0.5) is 15.9 Å². The lowest BCUT2D eigenvalue weighted by Gasteiger charge is -2.39. The van der Waals surface area contributed by atoms with Crippen molar-refractivity contribution in [2.75, 3.05) is 36.0 Å². The highest BCUT2D eigenvalue weighted by atomic mass is 35.5. The number of aromatic nitrogens is 1. The highest BCUT2D eigenvalue weighted by Gasteiger charge is 2.34. The first kappa shape index (κ1) is 29.8. The van der Waals surface area contributed by atoms with Gasteiger partial charge in [0, 0.05) is 43.3 Å². The molecule has 7 nitrogen and oxygen atoms in total. The maximum Gasteiger partial charge on any atom is 0.270 e. The van der Waals surface area contributed by atoms with E-state index in [1.807, 2.05) is 36.1 Å². The van der Waals surface area contributed by atoms with Crippen LogP contribution in [0.1, 0.15) is 35.6 Å². The lowest BCUT2D eigenvalue weighted by Crippen LogP contribution is -2.49. The lowest BCUT2D eigenvalue weighted by atomic mass is 10.0. The minimum absolute atomic E-state index is 0.0509. The summed E-state index contributed by atoms with van der Waals surface area (Å²) in [4.78, 5) is 33.1. The number of anilines is 2. The summed E-state index contributed by atoms with van der Waals surface area (Å²) in [5.74, 6) is 0.122. The van der Waals surface area contributed by atoms with Gasteiger partial charge in [-0.05, 0) is 48.7 Å². The third-order valence-corrected chi connectivity index (χ3v) is 9.25. The molecule has 11 heteroatoms. The molecule has 2 aromatic carbocycles. The molecule has 0 unspecified atom stereocenters. The van der Waals surface area contributed by atoms with Gasteiger partial charge >= 0.3 is 0 Å². The normalized spacial score (nSPS) is 16.5. The summed E-state index contributed by atoms with van der Waals surface area (Å²) >= 11 is 13.1. The fraction of sp³-hybridized carbons (Fsp3) is 0.290. The van der Waals surface area contributed by atoms with E-state index in [0.717, 1.165) is 5.56 Å². The van der Waals surface area contributed by atoms with Crippen molar-refractivity contribution in [2.24, 2.45) is 0 Å². The van der Waals surface area contributed by atoms with Crippen LogP contribution in [0.25, 0.3) is 6.08 Å². The molecule has 2 fully saturated rings. The summed E-state index contributed by atoms with van der Waals surface area (Å²) in [5, 5.41) is 10.5. The smallest absolute Gasteiger partial charge is 0.270 e. The number of benzene rings is 2. The van der Waals surface area contributed by atoms with E-state index in [-0.39, 0.29) is 29.4 Å². The molecule has 0 radical (unpaired) electrons. The number of carbonyl (C=O) groups excluding carboxylic acids is 1. The van der Waals surface area contributed by atoms with Crippen LogP contribution in [0.5, 0.6) is 0 Å². The van der Waals surface area contributed by atoms with Gasteiger partial charge in [-0.25, -0.2) is 4.39 Å². The minimum atomic E-state index is -0.355. The van der Waals surface area contributed by atoms with E-state index >= 15 is 0 Å². The number of hydrogen-bond acceptors (Lipinski definition) is 7. The minimum Gasteiger partial charge on any atom is -0.366 e. The molecule has 2 aliphatic heterocycles. The van der Waals surface area contributed by atoms with E-state index in [2.05, 4.69) is 11.0 Å². The molecule has 2 saturated heterocycles. The number of amides is 1. The molecule has 2 aliphatic rings. The van der Waals surface area contributed by atoms with Crippen molar-refractivity contribution in [3.05, 3.63) is 96.9 Å². The first-order valence-corrected chi connectivity index (χ1v) is 15.3. The molecule has 3 aromatic rings. The Morgan fingerprint density at radius 1 is 1.07 bits per heavy atom. The number of piperazine rings is 1. The van der Waals surface area contributed by atoms with E-state index < -0.39 is 0 Å². The van der Waals surface area contributed by atoms with Crippen molar-refractivity contribution >= 4 is 63.4 Å². The summed E-state index contributed by atoms with van der Waals surface area (Å²) in [6.45, 7) is 6.49.